The van der Waals surface area contributed by atoms with E-state index < -0.39 is 0 Å². The molecule has 3 aromatic carbocycles. The number of carbonyl (C=O) groups is 1. The van der Waals surface area contributed by atoms with E-state index in [1.165, 1.54) is 0 Å². The molecule has 182 valence electrons. The van der Waals surface area contributed by atoms with Crippen LogP contribution >= 0.6 is 0 Å². The Bertz CT molecular complexity index is 1290. The maximum atomic E-state index is 13.5. The SMILES string of the molecule is COc1ccc(Oc2ncc(-c3ccc(C(=O)N4CCN(C)C[C@@H]4c4ccccc4)cc3)cn2)cc1. The molecular formula is C29H28N4O3. The lowest BCUT2D eigenvalue weighted by molar-refractivity contribution is 0.0498. The number of benzene rings is 3. The number of hydrogen-bond donors (Lipinski definition) is 0. The van der Waals surface area contributed by atoms with Crippen molar-refractivity contribution >= 4 is 5.91 Å². The third-order valence-corrected chi connectivity index (χ3v) is 6.39. The van der Waals surface area contributed by atoms with E-state index in [0.717, 1.165) is 35.5 Å². The van der Waals surface area contributed by atoms with E-state index in [9.17, 15) is 4.79 Å². The number of ether oxygens (including phenoxy) is 2. The van der Waals surface area contributed by atoms with E-state index >= 15 is 0 Å². The molecule has 4 aromatic rings. The zero-order valence-corrected chi connectivity index (χ0v) is 20.4. The first-order valence-electron chi connectivity index (χ1n) is 11.9. The summed E-state index contributed by atoms with van der Waals surface area (Å²) in [5, 5.41) is 0. The van der Waals surface area contributed by atoms with Crippen LogP contribution in [0.4, 0.5) is 0 Å². The lowest BCUT2D eigenvalue weighted by Gasteiger charge is -2.40. The Balaban J connectivity index is 1.28. The molecule has 0 N–H and O–H groups in total. The topological polar surface area (TPSA) is 67.8 Å². The third kappa shape index (κ3) is 5.21. The van der Waals surface area contributed by atoms with Crippen molar-refractivity contribution < 1.29 is 14.3 Å². The number of methoxy groups -OCH3 is 1. The van der Waals surface area contributed by atoms with Gasteiger partial charge in [-0.3, -0.25) is 4.79 Å². The molecule has 0 bridgehead atoms. The molecule has 0 radical (unpaired) electrons. The van der Waals surface area contributed by atoms with E-state index in [-0.39, 0.29) is 18.0 Å². The van der Waals surface area contributed by atoms with Gasteiger partial charge < -0.3 is 19.3 Å². The molecule has 1 amide bonds. The Morgan fingerprint density at radius 2 is 1.50 bits per heavy atom. The maximum absolute atomic E-state index is 13.5. The quantitative estimate of drug-likeness (QED) is 0.384. The number of carbonyl (C=O) groups excluding carboxylic acids is 1. The highest BCUT2D eigenvalue weighted by atomic mass is 16.5. The molecule has 1 aliphatic heterocycles. The summed E-state index contributed by atoms with van der Waals surface area (Å²) in [4.78, 5) is 26.4. The molecule has 5 rings (SSSR count). The van der Waals surface area contributed by atoms with Gasteiger partial charge in [0.2, 0.25) is 0 Å². The average Bonchev–Trinajstić information content (AvgIpc) is 2.94. The van der Waals surface area contributed by atoms with Crippen LogP contribution in [0, 0.1) is 0 Å². The number of piperazine rings is 1. The predicted molar refractivity (Wildman–Crippen MR) is 138 cm³/mol. The van der Waals surface area contributed by atoms with E-state index in [1.54, 1.807) is 31.6 Å². The summed E-state index contributed by atoms with van der Waals surface area (Å²) >= 11 is 0. The Morgan fingerprint density at radius 3 is 2.17 bits per heavy atom. The van der Waals surface area contributed by atoms with E-state index in [1.807, 2.05) is 59.5 Å². The summed E-state index contributed by atoms with van der Waals surface area (Å²) in [6.07, 6.45) is 3.43. The first kappa shape index (κ1) is 23.5. The predicted octanol–water partition coefficient (Wildman–Crippen LogP) is 5.07. The van der Waals surface area contributed by atoms with Crippen LogP contribution in [0.15, 0.2) is 91.3 Å². The van der Waals surface area contributed by atoms with Gasteiger partial charge in [0.25, 0.3) is 5.91 Å². The Kier molecular flexibility index (Phi) is 6.91. The summed E-state index contributed by atoms with van der Waals surface area (Å²) in [6.45, 7) is 2.37. The van der Waals surface area contributed by atoms with Gasteiger partial charge in [0.1, 0.15) is 11.5 Å². The van der Waals surface area contributed by atoms with Crippen LogP contribution in [-0.4, -0.2) is 59.5 Å². The minimum absolute atomic E-state index is 0.0313. The Morgan fingerprint density at radius 1 is 0.833 bits per heavy atom. The molecule has 0 unspecified atom stereocenters. The largest absolute Gasteiger partial charge is 0.497 e. The molecule has 0 spiro atoms. The maximum Gasteiger partial charge on any atom is 0.321 e. The highest BCUT2D eigenvalue weighted by molar-refractivity contribution is 5.95. The third-order valence-electron chi connectivity index (χ3n) is 6.39. The Labute approximate surface area is 210 Å². The van der Waals surface area contributed by atoms with Gasteiger partial charge in [0.15, 0.2) is 0 Å². The lowest BCUT2D eigenvalue weighted by atomic mass is 10.0. The fraction of sp³-hybridized carbons (Fsp3) is 0.207. The van der Waals surface area contributed by atoms with Gasteiger partial charge in [0, 0.05) is 43.2 Å². The van der Waals surface area contributed by atoms with Crippen molar-refractivity contribution in [1.29, 1.82) is 0 Å². The van der Waals surface area contributed by atoms with Crippen LogP contribution in [0.1, 0.15) is 22.0 Å². The second-order valence-electron chi connectivity index (χ2n) is 8.80. The number of aromatic nitrogens is 2. The monoisotopic (exact) mass is 480 g/mol. The van der Waals surface area contributed by atoms with Gasteiger partial charge in [-0.2, -0.15) is 0 Å². The van der Waals surface area contributed by atoms with Crippen molar-refractivity contribution in [3.05, 3.63) is 102 Å². The standard InChI is InChI=1S/C29H28N4O3/c1-32-16-17-33(27(20-32)22-6-4-3-5-7-22)28(34)23-10-8-21(9-11-23)24-18-30-29(31-19-24)36-26-14-12-25(35-2)13-15-26/h3-15,18-19,27H,16-17,20H2,1-2H3/t27-/m1/s1. The van der Waals surface area contributed by atoms with Crippen LogP contribution < -0.4 is 9.47 Å². The first-order chi connectivity index (χ1) is 17.6. The summed E-state index contributed by atoms with van der Waals surface area (Å²) < 4.78 is 10.9. The number of hydrogen-bond acceptors (Lipinski definition) is 6. The summed E-state index contributed by atoms with van der Waals surface area (Å²) in [5.74, 6) is 1.43. The Hall–Kier alpha value is -4.23. The van der Waals surface area contributed by atoms with Gasteiger partial charge >= 0.3 is 6.01 Å². The minimum atomic E-state index is 0.0313. The van der Waals surface area contributed by atoms with Crippen LogP contribution in [0.2, 0.25) is 0 Å². The fourth-order valence-electron chi connectivity index (χ4n) is 4.36. The number of rotatable bonds is 6. The van der Waals surface area contributed by atoms with Crippen molar-refractivity contribution in [1.82, 2.24) is 19.8 Å². The molecular weight excluding hydrogens is 452 g/mol. The second kappa shape index (κ2) is 10.6. The molecule has 0 saturated carbocycles. The van der Waals surface area contributed by atoms with E-state index in [0.29, 0.717) is 17.9 Å². The summed E-state index contributed by atoms with van der Waals surface area (Å²) in [5.41, 5.74) is 3.60. The van der Waals surface area contributed by atoms with Crippen molar-refractivity contribution in [2.75, 3.05) is 33.8 Å². The average molecular weight is 481 g/mol. The van der Waals surface area contributed by atoms with Crippen molar-refractivity contribution in [3.8, 4) is 28.6 Å². The highest BCUT2D eigenvalue weighted by Gasteiger charge is 2.30. The molecule has 1 fully saturated rings. The molecule has 36 heavy (non-hydrogen) atoms. The van der Waals surface area contributed by atoms with Gasteiger partial charge in [-0.1, -0.05) is 42.5 Å². The first-order valence-corrected chi connectivity index (χ1v) is 11.9. The molecule has 1 aromatic heterocycles. The van der Waals surface area contributed by atoms with Crippen molar-refractivity contribution in [3.63, 3.8) is 0 Å². The van der Waals surface area contributed by atoms with Crippen LogP contribution in [0.25, 0.3) is 11.1 Å². The summed E-state index contributed by atoms with van der Waals surface area (Å²) in [6, 6.07) is 25.4. The van der Waals surface area contributed by atoms with E-state index in [2.05, 4.69) is 34.0 Å². The zero-order chi connectivity index (χ0) is 24.9. The molecule has 7 nitrogen and oxygen atoms in total. The number of amides is 1. The van der Waals surface area contributed by atoms with Gasteiger partial charge in [-0.05, 0) is 54.6 Å². The zero-order valence-electron chi connectivity index (χ0n) is 20.4. The van der Waals surface area contributed by atoms with Gasteiger partial charge in [-0.15, -0.1) is 0 Å². The second-order valence-corrected chi connectivity index (χ2v) is 8.80. The van der Waals surface area contributed by atoms with Crippen molar-refractivity contribution in [2.24, 2.45) is 0 Å². The van der Waals surface area contributed by atoms with Crippen molar-refractivity contribution in [2.45, 2.75) is 6.04 Å². The molecule has 0 aliphatic carbocycles. The fourth-order valence-corrected chi connectivity index (χ4v) is 4.36. The molecule has 1 aliphatic rings. The van der Waals surface area contributed by atoms with Crippen LogP contribution in [0.3, 0.4) is 0 Å². The molecule has 2 heterocycles. The number of nitrogens with zero attached hydrogens (tertiary/aromatic N) is 4. The van der Waals surface area contributed by atoms with Crippen LogP contribution in [-0.2, 0) is 0 Å². The normalized spacial score (nSPS) is 15.9. The van der Waals surface area contributed by atoms with Gasteiger partial charge in [-0.25, -0.2) is 9.97 Å². The smallest absolute Gasteiger partial charge is 0.321 e. The van der Waals surface area contributed by atoms with Gasteiger partial charge in [0.05, 0.1) is 13.2 Å². The molecule has 1 atom stereocenters. The highest BCUT2D eigenvalue weighted by Crippen LogP contribution is 2.28. The lowest BCUT2D eigenvalue weighted by Crippen LogP contribution is -2.49. The number of likely N-dealkylation sites (N-methyl/N-ethyl adjacent to an activating group) is 1. The molecule has 7 heteroatoms. The molecule has 1 saturated heterocycles. The van der Waals surface area contributed by atoms with Crippen LogP contribution in [0.5, 0.6) is 17.5 Å². The van der Waals surface area contributed by atoms with E-state index in [4.69, 9.17) is 9.47 Å². The minimum Gasteiger partial charge on any atom is -0.497 e. The summed E-state index contributed by atoms with van der Waals surface area (Å²) in [7, 11) is 3.72.